The zero-order chi connectivity index (χ0) is 13.9. The van der Waals surface area contributed by atoms with Crippen LogP contribution >= 0.6 is 11.6 Å². The van der Waals surface area contributed by atoms with Crippen molar-refractivity contribution in [1.29, 1.82) is 0 Å². The van der Waals surface area contributed by atoms with Crippen molar-refractivity contribution < 1.29 is 8.42 Å². The smallest absolute Gasteiger partial charge is 0.243 e. The first-order valence-corrected chi connectivity index (χ1v) is 8.43. The topological polar surface area (TPSA) is 40.6 Å². The number of sulfonamides is 1. The summed E-state index contributed by atoms with van der Waals surface area (Å²) in [6.07, 6.45) is 0. The lowest BCUT2D eigenvalue weighted by atomic mass is 10.2. The Bertz CT molecular complexity index is 508. The Hall–Kier alpha value is -0.620. The summed E-state index contributed by atoms with van der Waals surface area (Å²) in [4.78, 5) is 2.61. The molecule has 0 bridgehead atoms. The maximum absolute atomic E-state index is 12.5. The number of benzene rings is 1. The van der Waals surface area contributed by atoms with Crippen molar-refractivity contribution in [3.63, 3.8) is 0 Å². The average Bonchev–Trinajstić information content (AvgIpc) is 2.47. The summed E-state index contributed by atoms with van der Waals surface area (Å²) in [6.45, 7) is 5.79. The fourth-order valence-electron chi connectivity index (χ4n) is 2.19. The van der Waals surface area contributed by atoms with E-state index in [0.717, 1.165) is 25.2 Å². The van der Waals surface area contributed by atoms with Crippen LogP contribution in [0.3, 0.4) is 0 Å². The van der Waals surface area contributed by atoms with Gasteiger partial charge in [0.1, 0.15) is 0 Å². The predicted molar refractivity (Wildman–Crippen MR) is 76.9 cm³/mol. The van der Waals surface area contributed by atoms with Crippen molar-refractivity contribution in [3.8, 4) is 0 Å². The van der Waals surface area contributed by atoms with E-state index in [4.69, 9.17) is 11.6 Å². The van der Waals surface area contributed by atoms with Crippen molar-refractivity contribution in [2.75, 3.05) is 32.7 Å². The third-order valence-electron chi connectivity index (χ3n) is 3.49. The van der Waals surface area contributed by atoms with Gasteiger partial charge in [0.05, 0.1) is 4.90 Å². The van der Waals surface area contributed by atoms with Gasteiger partial charge >= 0.3 is 0 Å². The number of piperazine rings is 1. The summed E-state index contributed by atoms with van der Waals surface area (Å²) in [5, 5.41) is 0. The van der Waals surface area contributed by atoms with Gasteiger partial charge < -0.3 is 4.90 Å². The zero-order valence-electron chi connectivity index (χ0n) is 11.0. The van der Waals surface area contributed by atoms with E-state index in [1.165, 1.54) is 0 Å². The highest BCUT2D eigenvalue weighted by atomic mass is 35.5. The van der Waals surface area contributed by atoms with Crippen molar-refractivity contribution >= 4 is 21.6 Å². The molecule has 1 fully saturated rings. The first-order chi connectivity index (χ1) is 9.07. The van der Waals surface area contributed by atoms with Crippen molar-refractivity contribution in [3.05, 3.63) is 29.8 Å². The second-order valence-electron chi connectivity index (χ2n) is 4.62. The van der Waals surface area contributed by atoms with Gasteiger partial charge in [0.15, 0.2) is 0 Å². The van der Waals surface area contributed by atoms with Gasteiger partial charge in [-0.3, -0.25) is 0 Å². The zero-order valence-corrected chi connectivity index (χ0v) is 12.6. The van der Waals surface area contributed by atoms with E-state index < -0.39 is 10.0 Å². The molecule has 0 amide bonds. The number of rotatable bonds is 4. The predicted octanol–water partition coefficient (Wildman–Crippen LogP) is 1.75. The molecule has 1 aromatic rings. The molecule has 0 atom stereocenters. The fourth-order valence-corrected chi connectivity index (χ4v) is 3.79. The first kappa shape index (κ1) is 14.8. The third-order valence-corrected chi connectivity index (χ3v) is 5.72. The molecule has 0 aliphatic carbocycles. The van der Waals surface area contributed by atoms with Crippen LogP contribution in [0.4, 0.5) is 0 Å². The Morgan fingerprint density at radius 1 is 1.11 bits per heavy atom. The minimum Gasteiger partial charge on any atom is -0.301 e. The SMILES string of the molecule is CCN1CCN(S(=O)(=O)c2ccc(CCl)cc2)CC1. The monoisotopic (exact) mass is 302 g/mol. The minimum atomic E-state index is -3.36. The van der Waals surface area contributed by atoms with E-state index in [9.17, 15) is 8.42 Å². The molecule has 0 radical (unpaired) electrons. The Kier molecular flexibility index (Phi) is 4.84. The lowest BCUT2D eigenvalue weighted by Crippen LogP contribution is -2.48. The van der Waals surface area contributed by atoms with E-state index >= 15 is 0 Å². The number of likely N-dealkylation sites (N-methyl/N-ethyl adjacent to an activating group) is 1. The van der Waals surface area contributed by atoms with Crippen LogP contribution in [0.5, 0.6) is 0 Å². The van der Waals surface area contributed by atoms with Gasteiger partial charge in [-0.15, -0.1) is 11.6 Å². The molecule has 1 aliphatic heterocycles. The molecular formula is C13H19ClN2O2S. The lowest BCUT2D eigenvalue weighted by molar-refractivity contribution is 0.196. The molecule has 1 aromatic carbocycles. The molecule has 19 heavy (non-hydrogen) atoms. The van der Waals surface area contributed by atoms with Crippen molar-refractivity contribution in [2.24, 2.45) is 0 Å². The summed E-state index contributed by atoms with van der Waals surface area (Å²) in [7, 11) is -3.36. The highest BCUT2D eigenvalue weighted by Crippen LogP contribution is 2.18. The molecule has 1 aliphatic rings. The highest BCUT2D eigenvalue weighted by molar-refractivity contribution is 7.89. The largest absolute Gasteiger partial charge is 0.301 e. The van der Waals surface area contributed by atoms with Crippen LogP contribution in [0.2, 0.25) is 0 Å². The van der Waals surface area contributed by atoms with Crippen molar-refractivity contribution in [1.82, 2.24) is 9.21 Å². The van der Waals surface area contributed by atoms with E-state index in [0.29, 0.717) is 23.9 Å². The van der Waals surface area contributed by atoms with Crippen LogP contribution in [0.1, 0.15) is 12.5 Å². The summed E-state index contributed by atoms with van der Waals surface area (Å²) < 4.78 is 26.5. The highest BCUT2D eigenvalue weighted by Gasteiger charge is 2.27. The summed E-state index contributed by atoms with van der Waals surface area (Å²) in [6, 6.07) is 6.81. The maximum Gasteiger partial charge on any atom is 0.243 e. The van der Waals surface area contributed by atoms with Gasteiger partial charge in [-0.05, 0) is 24.2 Å². The Labute approximate surface area is 120 Å². The van der Waals surface area contributed by atoms with Crippen LogP contribution < -0.4 is 0 Å². The van der Waals surface area contributed by atoms with Gasteiger partial charge in [-0.25, -0.2) is 8.42 Å². The third kappa shape index (κ3) is 3.28. The Balaban J connectivity index is 2.13. The first-order valence-electron chi connectivity index (χ1n) is 6.45. The van der Waals surface area contributed by atoms with E-state index in [2.05, 4.69) is 11.8 Å². The molecule has 0 unspecified atom stereocenters. The van der Waals surface area contributed by atoms with Crippen LogP contribution in [0.15, 0.2) is 29.2 Å². The van der Waals surface area contributed by atoms with Crippen LogP contribution in [-0.2, 0) is 15.9 Å². The fraction of sp³-hybridized carbons (Fsp3) is 0.538. The Morgan fingerprint density at radius 3 is 2.16 bits per heavy atom. The van der Waals surface area contributed by atoms with E-state index in [1.54, 1.807) is 28.6 Å². The molecule has 4 nitrogen and oxygen atoms in total. The number of alkyl halides is 1. The normalized spacial score (nSPS) is 18.6. The number of halogens is 1. The number of nitrogens with zero attached hydrogens (tertiary/aromatic N) is 2. The second kappa shape index (κ2) is 6.22. The molecule has 0 N–H and O–H groups in total. The molecule has 0 spiro atoms. The van der Waals surface area contributed by atoms with E-state index in [1.807, 2.05) is 0 Å². The minimum absolute atomic E-state index is 0.353. The summed E-state index contributed by atoms with van der Waals surface area (Å²) >= 11 is 5.71. The van der Waals surface area contributed by atoms with Gasteiger partial charge in [0, 0.05) is 32.1 Å². The molecule has 106 valence electrons. The van der Waals surface area contributed by atoms with Crippen LogP contribution in [-0.4, -0.2) is 50.3 Å². The van der Waals surface area contributed by atoms with E-state index in [-0.39, 0.29) is 0 Å². The molecular weight excluding hydrogens is 284 g/mol. The average molecular weight is 303 g/mol. The molecule has 6 heteroatoms. The molecule has 1 saturated heterocycles. The van der Waals surface area contributed by atoms with Crippen molar-refractivity contribution in [2.45, 2.75) is 17.7 Å². The number of hydrogen-bond donors (Lipinski definition) is 0. The molecule has 1 heterocycles. The standard InChI is InChI=1S/C13H19ClN2O2S/c1-2-15-7-9-16(10-8-15)19(17,18)13-5-3-12(11-14)4-6-13/h3-6H,2,7-11H2,1H3. The molecule has 2 rings (SSSR count). The molecule has 0 saturated carbocycles. The summed E-state index contributed by atoms with van der Waals surface area (Å²) in [5.74, 6) is 0.398. The number of hydrogen-bond acceptors (Lipinski definition) is 3. The quantitative estimate of drug-likeness (QED) is 0.796. The van der Waals surface area contributed by atoms with Gasteiger partial charge in [0.25, 0.3) is 0 Å². The Morgan fingerprint density at radius 2 is 1.68 bits per heavy atom. The van der Waals surface area contributed by atoms with Gasteiger partial charge in [0.2, 0.25) is 10.0 Å². The second-order valence-corrected chi connectivity index (χ2v) is 6.82. The summed E-state index contributed by atoms with van der Waals surface area (Å²) in [5.41, 5.74) is 0.927. The molecule has 0 aromatic heterocycles. The van der Waals surface area contributed by atoms with Crippen LogP contribution in [0.25, 0.3) is 0 Å². The van der Waals surface area contributed by atoms with Gasteiger partial charge in [-0.1, -0.05) is 19.1 Å². The lowest BCUT2D eigenvalue weighted by Gasteiger charge is -2.33. The maximum atomic E-state index is 12.5. The van der Waals surface area contributed by atoms with Gasteiger partial charge in [-0.2, -0.15) is 4.31 Å². The van der Waals surface area contributed by atoms with Crippen LogP contribution in [0, 0.1) is 0 Å².